The molecule has 2 aliphatic heterocycles. The average Bonchev–Trinajstić information content (AvgIpc) is 3.12. The number of carbonyl (C=O) groups excluding carboxylic acids is 2. The van der Waals surface area contributed by atoms with E-state index in [1.54, 1.807) is 4.90 Å². The molecule has 2 aromatic carbocycles. The highest BCUT2D eigenvalue weighted by Gasteiger charge is 2.48. The first kappa shape index (κ1) is 18.9. The zero-order valence-electron chi connectivity index (χ0n) is 17.7. The van der Waals surface area contributed by atoms with E-state index in [1.807, 2.05) is 30.0 Å². The third kappa shape index (κ3) is 2.76. The smallest absolute Gasteiger partial charge is 0.246 e. The van der Waals surface area contributed by atoms with Gasteiger partial charge in [0.1, 0.15) is 12.6 Å². The van der Waals surface area contributed by atoms with Gasteiger partial charge in [-0.15, -0.1) is 0 Å². The first-order valence-electron chi connectivity index (χ1n) is 10.8. The Morgan fingerprint density at radius 2 is 1.93 bits per heavy atom. The molecular formula is C25H27N3O2. The Morgan fingerprint density at radius 3 is 2.70 bits per heavy atom. The lowest BCUT2D eigenvalue weighted by molar-refractivity contribution is -0.160. The van der Waals surface area contributed by atoms with E-state index in [0.29, 0.717) is 6.42 Å². The first-order valence-corrected chi connectivity index (χ1v) is 10.8. The maximum absolute atomic E-state index is 13.5. The summed E-state index contributed by atoms with van der Waals surface area (Å²) in [5, 5.41) is 1.14. The Hall–Kier alpha value is -3.08. The molecule has 0 radical (unpaired) electrons. The second-order valence-electron chi connectivity index (χ2n) is 8.62. The molecule has 3 aromatic rings. The summed E-state index contributed by atoms with van der Waals surface area (Å²) in [5.74, 6) is 0.0910. The Kier molecular flexibility index (Phi) is 4.42. The normalized spacial score (nSPS) is 22.2. The number of aryl methyl sites for hydroxylation is 1. The van der Waals surface area contributed by atoms with Gasteiger partial charge in [0.15, 0.2) is 0 Å². The monoisotopic (exact) mass is 401 g/mol. The fraction of sp³-hybridized carbons (Fsp3) is 0.360. The molecule has 3 atom stereocenters. The van der Waals surface area contributed by atoms with Crippen LogP contribution in [-0.2, 0) is 16.0 Å². The molecule has 0 unspecified atom stereocenters. The summed E-state index contributed by atoms with van der Waals surface area (Å²) in [4.78, 5) is 34.1. The number of aromatic amines is 1. The molecule has 0 saturated carbocycles. The predicted octanol–water partition coefficient (Wildman–Crippen LogP) is 3.96. The maximum atomic E-state index is 13.5. The van der Waals surface area contributed by atoms with Gasteiger partial charge in [-0.3, -0.25) is 9.59 Å². The largest absolute Gasteiger partial charge is 0.356 e. The Morgan fingerprint density at radius 1 is 1.13 bits per heavy atom. The molecule has 0 spiro atoms. The van der Waals surface area contributed by atoms with Crippen LogP contribution in [0.5, 0.6) is 0 Å². The molecule has 5 rings (SSSR count). The number of aromatic nitrogens is 1. The van der Waals surface area contributed by atoms with Crippen LogP contribution in [0.25, 0.3) is 10.9 Å². The number of rotatable bonds is 3. The molecule has 1 saturated heterocycles. The van der Waals surface area contributed by atoms with Gasteiger partial charge in [0.2, 0.25) is 11.8 Å². The van der Waals surface area contributed by atoms with Gasteiger partial charge in [-0.1, -0.05) is 55.0 Å². The fourth-order valence-corrected chi connectivity index (χ4v) is 5.07. The van der Waals surface area contributed by atoms with Gasteiger partial charge in [0.05, 0.1) is 6.04 Å². The molecule has 0 aliphatic carbocycles. The molecule has 3 heterocycles. The van der Waals surface area contributed by atoms with Crippen molar-refractivity contribution in [3.8, 4) is 0 Å². The zero-order chi connectivity index (χ0) is 21.0. The SMILES string of the molecule is CC[C@H](C)N1CC(=O)N2[C@H](c3cccc(C)c3)c3[nH]c4ccccc4c3C[C@H]2C1=O. The summed E-state index contributed by atoms with van der Waals surface area (Å²) >= 11 is 0. The number of carbonyl (C=O) groups is 2. The molecule has 2 amide bonds. The van der Waals surface area contributed by atoms with Crippen LogP contribution in [0.1, 0.15) is 48.7 Å². The van der Waals surface area contributed by atoms with Crippen molar-refractivity contribution in [3.05, 3.63) is 70.9 Å². The second kappa shape index (κ2) is 7.01. The molecule has 1 N–H and O–H groups in total. The molecule has 154 valence electrons. The van der Waals surface area contributed by atoms with E-state index in [0.717, 1.165) is 39.7 Å². The predicted molar refractivity (Wildman–Crippen MR) is 117 cm³/mol. The summed E-state index contributed by atoms with van der Waals surface area (Å²) in [5.41, 5.74) is 5.44. The van der Waals surface area contributed by atoms with E-state index in [9.17, 15) is 9.59 Å². The van der Waals surface area contributed by atoms with Crippen molar-refractivity contribution in [2.24, 2.45) is 0 Å². The van der Waals surface area contributed by atoms with Gasteiger partial charge in [-0.05, 0) is 37.5 Å². The summed E-state index contributed by atoms with van der Waals surface area (Å²) in [6.07, 6.45) is 1.39. The summed E-state index contributed by atoms with van der Waals surface area (Å²) in [7, 11) is 0. The average molecular weight is 402 g/mol. The lowest BCUT2D eigenvalue weighted by Crippen LogP contribution is -2.64. The number of hydrogen-bond donors (Lipinski definition) is 1. The lowest BCUT2D eigenvalue weighted by Gasteiger charge is -2.48. The van der Waals surface area contributed by atoms with Gasteiger partial charge in [-0.2, -0.15) is 0 Å². The molecule has 30 heavy (non-hydrogen) atoms. The minimum atomic E-state index is -0.461. The number of para-hydroxylation sites is 1. The summed E-state index contributed by atoms with van der Waals surface area (Å²) < 4.78 is 0. The van der Waals surface area contributed by atoms with Crippen molar-refractivity contribution in [2.45, 2.75) is 51.7 Å². The van der Waals surface area contributed by atoms with Crippen LogP contribution in [0.2, 0.25) is 0 Å². The number of fused-ring (bicyclic) bond motifs is 4. The maximum Gasteiger partial charge on any atom is 0.246 e. The van der Waals surface area contributed by atoms with Crippen LogP contribution < -0.4 is 0 Å². The molecule has 5 heteroatoms. The molecule has 1 aromatic heterocycles. The van der Waals surface area contributed by atoms with E-state index in [2.05, 4.69) is 49.2 Å². The van der Waals surface area contributed by atoms with Crippen molar-refractivity contribution in [1.29, 1.82) is 0 Å². The summed E-state index contributed by atoms with van der Waals surface area (Å²) in [6.45, 7) is 6.30. The number of benzene rings is 2. The number of nitrogens with one attached hydrogen (secondary N) is 1. The highest BCUT2D eigenvalue weighted by molar-refractivity contribution is 5.97. The first-order chi connectivity index (χ1) is 14.5. The Labute approximate surface area is 176 Å². The number of nitrogens with zero attached hydrogens (tertiary/aromatic N) is 2. The number of H-pyrrole nitrogens is 1. The van der Waals surface area contributed by atoms with Crippen LogP contribution in [0, 0.1) is 6.92 Å². The molecule has 1 fully saturated rings. The molecule has 5 nitrogen and oxygen atoms in total. The van der Waals surface area contributed by atoms with Crippen LogP contribution in [0.4, 0.5) is 0 Å². The van der Waals surface area contributed by atoms with Crippen LogP contribution in [0.15, 0.2) is 48.5 Å². The standard InChI is InChI=1S/C25H27N3O2/c1-4-16(3)27-14-22(29)28-21(25(27)30)13-19-18-10-5-6-11-20(18)26-23(19)24(28)17-9-7-8-15(2)12-17/h5-12,16,21,24,26H,4,13-14H2,1-3H3/t16-,21-,24+/m0/s1. The van der Waals surface area contributed by atoms with Gasteiger partial charge < -0.3 is 14.8 Å². The number of piperazine rings is 1. The van der Waals surface area contributed by atoms with E-state index >= 15 is 0 Å². The summed E-state index contributed by atoms with van der Waals surface area (Å²) in [6, 6.07) is 15.8. The topological polar surface area (TPSA) is 56.4 Å². The van der Waals surface area contributed by atoms with Crippen molar-refractivity contribution >= 4 is 22.7 Å². The molecule has 0 bridgehead atoms. The third-order valence-corrected chi connectivity index (χ3v) is 6.77. The molecule has 2 aliphatic rings. The Bertz CT molecular complexity index is 1150. The van der Waals surface area contributed by atoms with E-state index in [-0.39, 0.29) is 30.4 Å². The van der Waals surface area contributed by atoms with Crippen molar-refractivity contribution in [2.75, 3.05) is 6.54 Å². The highest BCUT2D eigenvalue weighted by atomic mass is 16.2. The van der Waals surface area contributed by atoms with Gasteiger partial charge in [0.25, 0.3) is 0 Å². The van der Waals surface area contributed by atoms with Crippen LogP contribution in [-0.4, -0.2) is 45.2 Å². The number of amides is 2. The van der Waals surface area contributed by atoms with Crippen molar-refractivity contribution in [3.63, 3.8) is 0 Å². The minimum absolute atomic E-state index is 0.0238. The minimum Gasteiger partial charge on any atom is -0.356 e. The van der Waals surface area contributed by atoms with Crippen LogP contribution >= 0.6 is 0 Å². The van der Waals surface area contributed by atoms with Crippen LogP contribution in [0.3, 0.4) is 0 Å². The fourth-order valence-electron chi connectivity index (χ4n) is 5.07. The van der Waals surface area contributed by atoms with Crippen molar-refractivity contribution < 1.29 is 9.59 Å². The van der Waals surface area contributed by atoms with Gasteiger partial charge in [-0.25, -0.2) is 0 Å². The van der Waals surface area contributed by atoms with E-state index in [4.69, 9.17) is 0 Å². The third-order valence-electron chi connectivity index (χ3n) is 6.77. The van der Waals surface area contributed by atoms with E-state index < -0.39 is 6.04 Å². The second-order valence-corrected chi connectivity index (χ2v) is 8.62. The molecular weight excluding hydrogens is 374 g/mol. The van der Waals surface area contributed by atoms with Crippen molar-refractivity contribution in [1.82, 2.24) is 14.8 Å². The Balaban J connectivity index is 1.71. The van der Waals surface area contributed by atoms with Gasteiger partial charge >= 0.3 is 0 Å². The van der Waals surface area contributed by atoms with Gasteiger partial charge in [0, 0.05) is 29.1 Å². The lowest BCUT2D eigenvalue weighted by atomic mass is 9.85. The quantitative estimate of drug-likeness (QED) is 0.722. The van der Waals surface area contributed by atoms with E-state index in [1.165, 1.54) is 0 Å². The zero-order valence-corrected chi connectivity index (χ0v) is 17.7. The number of hydrogen-bond acceptors (Lipinski definition) is 2. The highest BCUT2D eigenvalue weighted by Crippen LogP contribution is 2.42.